The number of anilines is 1. The van der Waals surface area contributed by atoms with Crippen molar-refractivity contribution in [1.82, 2.24) is 4.72 Å². The second-order valence-electron chi connectivity index (χ2n) is 5.14. The van der Waals surface area contributed by atoms with E-state index in [-0.39, 0.29) is 5.75 Å². The van der Waals surface area contributed by atoms with Crippen molar-refractivity contribution >= 4 is 27.5 Å². The highest BCUT2D eigenvalue weighted by atomic mass is 32.2. The first kappa shape index (κ1) is 16.4. The summed E-state index contributed by atoms with van der Waals surface area (Å²) in [6, 6.07) is 7.49. The first-order chi connectivity index (χ1) is 10.1. The molecule has 0 heterocycles. The van der Waals surface area contributed by atoms with E-state index in [0.717, 1.165) is 24.2 Å². The molecular formula is C15H22N2O2S2. The van der Waals surface area contributed by atoms with Crippen LogP contribution in [-0.2, 0) is 10.0 Å². The SMILES string of the molecule is Nc1cccc(SCCS(=O)(=O)NCCC2=CCCC2)c1. The van der Waals surface area contributed by atoms with Gasteiger partial charge in [-0.05, 0) is 43.9 Å². The van der Waals surface area contributed by atoms with E-state index in [1.807, 2.05) is 24.3 Å². The number of thioether (sulfide) groups is 1. The number of sulfonamides is 1. The Hall–Kier alpha value is -0.980. The summed E-state index contributed by atoms with van der Waals surface area (Å²) in [5.41, 5.74) is 7.77. The largest absolute Gasteiger partial charge is 0.399 e. The molecule has 1 aromatic rings. The van der Waals surface area contributed by atoms with Crippen LogP contribution in [0.1, 0.15) is 25.7 Å². The molecule has 0 aromatic heterocycles. The molecule has 4 nitrogen and oxygen atoms in total. The Labute approximate surface area is 131 Å². The lowest BCUT2D eigenvalue weighted by atomic mass is 10.2. The maximum Gasteiger partial charge on any atom is 0.212 e. The maximum absolute atomic E-state index is 11.9. The summed E-state index contributed by atoms with van der Waals surface area (Å²) in [7, 11) is -3.18. The third kappa shape index (κ3) is 6.11. The minimum Gasteiger partial charge on any atom is -0.399 e. The molecule has 1 aromatic carbocycles. The molecule has 0 aliphatic heterocycles. The quantitative estimate of drug-likeness (QED) is 0.438. The lowest BCUT2D eigenvalue weighted by Gasteiger charge is -2.07. The molecule has 2 rings (SSSR count). The van der Waals surface area contributed by atoms with Gasteiger partial charge in [0.15, 0.2) is 0 Å². The Morgan fingerprint density at radius 1 is 1.33 bits per heavy atom. The number of benzene rings is 1. The van der Waals surface area contributed by atoms with Crippen molar-refractivity contribution in [2.24, 2.45) is 0 Å². The molecular weight excluding hydrogens is 304 g/mol. The molecule has 0 atom stereocenters. The van der Waals surface area contributed by atoms with E-state index < -0.39 is 10.0 Å². The average molecular weight is 326 g/mol. The highest BCUT2D eigenvalue weighted by Crippen LogP contribution is 2.21. The highest BCUT2D eigenvalue weighted by Gasteiger charge is 2.11. The van der Waals surface area contributed by atoms with Crippen LogP contribution in [-0.4, -0.2) is 26.5 Å². The monoisotopic (exact) mass is 326 g/mol. The maximum atomic E-state index is 11.9. The van der Waals surface area contributed by atoms with Gasteiger partial charge in [-0.1, -0.05) is 17.7 Å². The molecule has 116 valence electrons. The molecule has 1 aliphatic rings. The fourth-order valence-corrected chi connectivity index (χ4v) is 4.68. The minimum absolute atomic E-state index is 0.130. The predicted octanol–water partition coefficient (Wildman–Crippen LogP) is 2.78. The Balaban J connectivity index is 1.68. The Morgan fingerprint density at radius 3 is 2.90 bits per heavy atom. The van der Waals surface area contributed by atoms with Crippen LogP contribution in [0.5, 0.6) is 0 Å². The zero-order valence-electron chi connectivity index (χ0n) is 12.0. The van der Waals surface area contributed by atoms with Crippen molar-refractivity contribution < 1.29 is 8.42 Å². The normalized spacial score (nSPS) is 15.1. The zero-order valence-corrected chi connectivity index (χ0v) is 13.7. The molecule has 0 spiro atoms. The van der Waals surface area contributed by atoms with E-state index in [0.29, 0.717) is 18.0 Å². The first-order valence-electron chi connectivity index (χ1n) is 7.19. The van der Waals surface area contributed by atoms with Crippen LogP contribution < -0.4 is 10.5 Å². The van der Waals surface area contributed by atoms with Gasteiger partial charge in [-0.15, -0.1) is 11.8 Å². The third-order valence-electron chi connectivity index (χ3n) is 3.38. The summed E-state index contributed by atoms with van der Waals surface area (Å²) in [5, 5.41) is 0. The van der Waals surface area contributed by atoms with E-state index in [1.54, 1.807) is 0 Å². The van der Waals surface area contributed by atoms with E-state index >= 15 is 0 Å². The topological polar surface area (TPSA) is 72.2 Å². The first-order valence-corrected chi connectivity index (χ1v) is 9.82. The molecule has 3 N–H and O–H groups in total. The van der Waals surface area contributed by atoms with Crippen LogP contribution in [0.25, 0.3) is 0 Å². The van der Waals surface area contributed by atoms with E-state index in [9.17, 15) is 8.42 Å². The van der Waals surface area contributed by atoms with Gasteiger partial charge in [-0.3, -0.25) is 0 Å². The van der Waals surface area contributed by atoms with Gasteiger partial charge >= 0.3 is 0 Å². The number of nitrogens with one attached hydrogen (secondary N) is 1. The standard InChI is InChI=1S/C15H22N2O2S2/c16-14-6-3-7-15(12-14)20-10-11-21(18,19)17-9-8-13-4-1-2-5-13/h3-4,6-7,12,17H,1-2,5,8-11,16H2. The molecule has 0 saturated heterocycles. The van der Waals surface area contributed by atoms with Crippen molar-refractivity contribution in [1.29, 1.82) is 0 Å². The summed E-state index contributed by atoms with van der Waals surface area (Å²) in [6.07, 6.45) is 6.52. The fraction of sp³-hybridized carbons (Fsp3) is 0.467. The summed E-state index contributed by atoms with van der Waals surface area (Å²) in [6.45, 7) is 0.511. The molecule has 0 amide bonds. The summed E-state index contributed by atoms with van der Waals surface area (Å²) < 4.78 is 26.5. The van der Waals surface area contributed by atoms with Gasteiger partial charge in [-0.25, -0.2) is 13.1 Å². The zero-order chi connectivity index (χ0) is 15.1. The van der Waals surface area contributed by atoms with Crippen LogP contribution >= 0.6 is 11.8 Å². The van der Waals surface area contributed by atoms with Gasteiger partial charge in [0.05, 0.1) is 5.75 Å². The minimum atomic E-state index is -3.18. The second kappa shape index (κ2) is 7.87. The van der Waals surface area contributed by atoms with Gasteiger partial charge in [0.2, 0.25) is 10.0 Å². The number of nitrogens with two attached hydrogens (primary N) is 1. The average Bonchev–Trinajstić information content (AvgIpc) is 2.91. The van der Waals surface area contributed by atoms with Gasteiger partial charge in [0.25, 0.3) is 0 Å². The molecule has 0 unspecified atom stereocenters. The van der Waals surface area contributed by atoms with Crippen molar-refractivity contribution in [2.45, 2.75) is 30.6 Å². The van der Waals surface area contributed by atoms with Gasteiger partial charge in [0, 0.05) is 22.9 Å². The molecule has 0 fully saturated rings. The van der Waals surface area contributed by atoms with Crippen LogP contribution in [0, 0.1) is 0 Å². The Morgan fingerprint density at radius 2 is 2.19 bits per heavy atom. The van der Waals surface area contributed by atoms with Crippen molar-refractivity contribution in [2.75, 3.05) is 23.8 Å². The van der Waals surface area contributed by atoms with Crippen LogP contribution in [0.15, 0.2) is 40.8 Å². The van der Waals surface area contributed by atoms with Gasteiger partial charge in [-0.2, -0.15) is 0 Å². The Kier molecular flexibility index (Phi) is 6.14. The van der Waals surface area contributed by atoms with Crippen molar-refractivity contribution in [3.63, 3.8) is 0 Å². The van der Waals surface area contributed by atoms with Gasteiger partial charge in [0.1, 0.15) is 0 Å². The molecule has 0 saturated carbocycles. The van der Waals surface area contributed by atoms with E-state index in [4.69, 9.17) is 5.73 Å². The number of nitrogen functional groups attached to an aromatic ring is 1. The number of rotatable bonds is 8. The van der Waals surface area contributed by atoms with E-state index in [1.165, 1.54) is 23.8 Å². The number of hydrogen-bond donors (Lipinski definition) is 2. The molecule has 0 radical (unpaired) electrons. The lowest BCUT2D eigenvalue weighted by molar-refractivity contribution is 0.583. The van der Waals surface area contributed by atoms with Crippen molar-refractivity contribution in [3.8, 4) is 0 Å². The molecule has 1 aliphatic carbocycles. The molecule has 6 heteroatoms. The number of hydrogen-bond acceptors (Lipinski definition) is 4. The van der Waals surface area contributed by atoms with Crippen LogP contribution in [0.2, 0.25) is 0 Å². The fourth-order valence-electron chi connectivity index (χ4n) is 2.28. The second-order valence-corrected chi connectivity index (χ2v) is 8.23. The predicted molar refractivity (Wildman–Crippen MR) is 89.9 cm³/mol. The van der Waals surface area contributed by atoms with Crippen molar-refractivity contribution in [3.05, 3.63) is 35.9 Å². The highest BCUT2D eigenvalue weighted by molar-refractivity contribution is 8.00. The summed E-state index contributed by atoms with van der Waals surface area (Å²) >= 11 is 1.51. The van der Waals surface area contributed by atoms with E-state index in [2.05, 4.69) is 10.8 Å². The van der Waals surface area contributed by atoms with Crippen LogP contribution in [0.3, 0.4) is 0 Å². The summed E-state index contributed by atoms with van der Waals surface area (Å²) in [5.74, 6) is 0.660. The number of allylic oxidation sites excluding steroid dienone is 1. The smallest absolute Gasteiger partial charge is 0.212 e. The molecule has 0 bridgehead atoms. The summed E-state index contributed by atoms with van der Waals surface area (Å²) in [4.78, 5) is 1.00. The third-order valence-corrected chi connectivity index (χ3v) is 6.02. The van der Waals surface area contributed by atoms with Gasteiger partial charge < -0.3 is 5.73 Å². The van der Waals surface area contributed by atoms with Crippen LogP contribution in [0.4, 0.5) is 5.69 Å². The lowest BCUT2D eigenvalue weighted by Crippen LogP contribution is -2.28. The Bertz CT molecular complexity index is 597. The molecule has 21 heavy (non-hydrogen) atoms.